The Bertz CT molecular complexity index is 561. The van der Waals surface area contributed by atoms with Crippen LogP contribution in [0.15, 0.2) is 36.5 Å². The molecule has 0 aliphatic rings. The summed E-state index contributed by atoms with van der Waals surface area (Å²) in [4.78, 5) is 12.1. The molecule has 2 rings (SSSR count). The maximum Gasteiger partial charge on any atom is 0.341 e. The highest BCUT2D eigenvalue weighted by Gasteiger charge is 2.16. The Hall–Kier alpha value is -2.10. The molecular weight excluding hydrogens is 252 g/mol. The van der Waals surface area contributed by atoms with Crippen LogP contribution in [0.1, 0.15) is 42.7 Å². The first-order valence-electron chi connectivity index (χ1n) is 7.07. The van der Waals surface area contributed by atoms with Crippen molar-refractivity contribution in [2.45, 2.75) is 33.1 Å². The van der Waals surface area contributed by atoms with Crippen molar-refractivity contribution >= 4 is 5.97 Å². The van der Waals surface area contributed by atoms with Gasteiger partial charge in [-0.2, -0.15) is 5.10 Å². The van der Waals surface area contributed by atoms with Crippen molar-refractivity contribution in [2.75, 3.05) is 6.61 Å². The van der Waals surface area contributed by atoms with Gasteiger partial charge in [-0.3, -0.25) is 0 Å². The molecule has 0 atom stereocenters. The number of para-hydroxylation sites is 1. The van der Waals surface area contributed by atoms with Crippen LogP contribution < -0.4 is 0 Å². The number of benzene rings is 1. The quantitative estimate of drug-likeness (QED) is 0.598. The molecule has 4 nitrogen and oxygen atoms in total. The number of nitrogens with zero attached hydrogens (tertiary/aromatic N) is 2. The van der Waals surface area contributed by atoms with Gasteiger partial charge in [0.1, 0.15) is 5.56 Å². The molecule has 0 saturated heterocycles. The average Bonchev–Trinajstić information content (AvgIpc) is 2.92. The summed E-state index contributed by atoms with van der Waals surface area (Å²) in [6, 6.07) is 9.76. The van der Waals surface area contributed by atoms with Gasteiger partial charge in [0.25, 0.3) is 0 Å². The van der Waals surface area contributed by atoms with E-state index >= 15 is 0 Å². The Morgan fingerprint density at radius 2 is 2.00 bits per heavy atom. The second-order valence-corrected chi connectivity index (χ2v) is 4.61. The van der Waals surface area contributed by atoms with Crippen LogP contribution in [-0.4, -0.2) is 22.4 Å². The second-order valence-electron chi connectivity index (χ2n) is 4.61. The predicted octanol–water partition coefficient (Wildman–Crippen LogP) is 3.39. The minimum absolute atomic E-state index is 0.280. The molecule has 20 heavy (non-hydrogen) atoms. The van der Waals surface area contributed by atoms with Crippen molar-refractivity contribution in [3.63, 3.8) is 0 Å². The van der Waals surface area contributed by atoms with E-state index in [9.17, 15) is 4.79 Å². The van der Waals surface area contributed by atoms with Gasteiger partial charge in [0.2, 0.25) is 0 Å². The third kappa shape index (κ3) is 3.26. The molecule has 0 fully saturated rings. The Morgan fingerprint density at radius 1 is 1.25 bits per heavy atom. The number of rotatable bonds is 6. The fourth-order valence-electron chi connectivity index (χ4n) is 1.94. The summed E-state index contributed by atoms with van der Waals surface area (Å²) in [6.45, 7) is 4.52. The van der Waals surface area contributed by atoms with Crippen LogP contribution in [0.3, 0.4) is 0 Å². The standard InChI is InChI=1S/C16H20N2O2/c1-3-5-11-20-16(19)14-12-18(17-15(14)4-2)13-9-7-6-8-10-13/h6-10,12H,3-5,11H2,1-2H3. The van der Waals surface area contributed by atoms with Crippen molar-refractivity contribution in [3.05, 3.63) is 47.8 Å². The van der Waals surface area contributed by atoms with Crippen molar-refractivity contribution in [1.29, 1.82) is 0 Å². The van der Waals surface area contributed by atoms with Crippen molar-refractivity contribution in [2.24, 2.45) is 0 Å². The molecule has 4 heteroatoms. The minimum Gasteiger partial charge on any atom is -0.462 e. The lowest BCUT2D eigenvalue weighted by molar-refractivity contribution is 0.0498. The van der Waals surface area contributed by atoms with E-state index in [1.54, 1.807) is 10.9 Å². The number of esters is 1. The first kappa shape index (κ1) is 14.3. The third-order valence-electron chi connectivity index (χ3n) is 3.10. The molecule has 1 aromatic carbocycles. The number of hydrogen-bond acceptors (Lipinski definition) is 3. The minimum atomic E-state index is -0.280. The third-order valence-corrected chi connectivity index (χ3v) is 3.10. The summed E-state index contributed by atoms with van der Waals surface area (Å²) in [6.07, 6.45) is 4.36. The SMILES string of the molecule is CCCCOC(=O)c1cn(-c2ccccc2)nc1CC. The Morgan fingerprint density at radius 3 is 2.65 bits per heavy atom. The van der Waals surface area contributed by atoms with E-state index in [2.05, 4.69) is 12.0 Å². The van der Waals surface area contributed by atoms with Crippen LogP contribution in [0.4, 0.5) is 0 Å². The number of aromatic nitrogens is 2. The van der Waals surface area contributed by atoms with Crippen LogP contribution in [0.2, 0.25) is 0 Å². The highest BCUT2D eigenvalue weighted by molar-refractivity contribution is 5.90. The van der Waals surface area contributed by atoms with Crippen molar-refractivity contribution in [1.82, 2.24) is 9.78 Å². The van der Waals surface area contributed by atoms with Gasteiger partial charge < -0.3 is 4.74 Å². The topological polar surface area (TPSA) is 44.1 Å². The molecule has 0 bridgehead atoms. The molecule has 2 aromatic rings. The van der Waals surface area contributed by atoms with Gasteiger partial charge in [0, 0.05) is 6.20 Å². The van der Waals surface area contributed by atoms with Crippen LogP contribution in [0.5, 0.6) is 0 Å². The molecule has 0 radical (unpaired) electrons. The molecule has 0 saturated carbocycles. The zero-order chi connectivity index (χ0) is 14.4. The van der Waals surface area contributed by atoms with Crippen LogP contribution in [0.25, 0.3) is 5.69 Å². The first-order valence-corrected chi connectivity index (χ1v) is 7.07. The van der Waals surface area contributed by atoms with Gasteiger partial charge in [-0.25, -0.2) is 9.48 Å². The second kappa shape index (κ2) is 6.89. The normalized spacial score (nSPS) is 10.5. The summed E-state index contributed by atoms with van der Waals surface area (Å²) in [7, 11) is 0. The number of ether oxygens (including phenoxy) is 1. The van der Waals surface area contributed by atoms with Crippen molar-refractivity contribution < 1.29 is 9.53 Å². The van der Waals surface area contributed by atoms with Crippen LogP contribution in [0, 0.1) is 0 Å². The zero-order valence-corrected chi connectivity index (χ0v) is 12.0. The Labute approximate surface area is 119 Å². The molecule has 0 amide bonds. The van der Waals surface area contributed by atoms with Crippen LogP contribution in [-0.2, 0) is 11.2 Å². The van der Waals surface area contributed by atoms with Crippen molar-refractivity contribution in [3.8, 4) is 5.69 Å². The number of unbranched alkanes of at least 4 members (excludes halogenated alkanes) is 1. The molecule has 106 valence electrons. The average molecular weight is 272 g/mol. The molecule has 0 aliphatic heterocycles. The Kier molecular flexibility index (Phi) is 4.93. The van der Waals surface area contributed by atoms with E-state index in [1.165, 1.54) is 0 Å². The van der Waals surface area contributed by atoms with Gasteiger partial charge in [-0.1, -0.05) is 38.5 Å². The smallest absolute Gasteiger partial charge is 0.341 e. The lowest BCUT2D eigenvalue weighted by atomic mass is 10.2. The number of aryl methyl sites for hydroxylation is 1. The predicted molar refractivity (Wildman–Crippen MR) is 78.1 cm³/mol. The summed E-state index contributed by atoms with van der Waals surface area (Å²) in [5.74, 6) is -0.280. The van der Waals surface area contributed by atoms with Crippen LogP contribution >= 0.6 is 0 Å². The van der Waals surface area contributed by atoms with E-state index in [-0.39, 0.29) is 5.97 Å². The molecule has 0 aliphatic carbocycles. The summed E-state index contributed by atoms with van der Waals surface area (Å²) in [5, 5.41) is 4.46. The number of carbonyl (C=O) groups is 1. The lowest BCUT2D eigenvalue weighted by Crippen LogP contribution is -2.07. The number of hydrogen-bond donors (Lipinski definition) is 0. The fourth-order valence-corrected chi connectivity index (χ4v) is 1.94. The monoisotopic (exact) mass is 272 g/mol. The maximum atomic E-state index is 12.1. The fraction of sp³-hybridized carbons (Fsp3) is 0.375. The van der Waals surface area contributed by atoms with E-state index < -0.39 is 0 Å². The van der Waals surface area contributed by atoms with Gasteiger partial charge in [-0.15, -0.1) is 0 Å². The first-order chi connectivity index (χ1) is 9.76. The lowest BCUT2D eigenvalue weighted by Gasteiger charge is -2.02. The largest absolute Gasteiger partial charge is 0.462 e. The van der Waals surface area contributed by atoms with E-state index in [1.807, 2.05) is 37.3 Å². The summed E-state index contributed by atoms with van der Waals surface area (Å²) >= 11 is 0. The molecule has 0 N–H and O–H groups in total. The molecule has 1 heterocycles. The van der Waals surface area contributed by atoms with Gasteiger partial charge >= 0.3 is 5.97 Å². The molecule has 0 unspecified atom stereocenters. The van der Waals surface area contributed by atoms with E-state index in [0.29, 0.717) is 18.6 Å². The van der Waals surface area contributed by atoms with Gasteiger partial charge in [0.15, 0.2) is 0 Å². The maximum absolute atomic E-state index is 12.1. The number of carbonyl (C=O) groups excluding carboxylic acids is 1. The summed E-state index contributed by atoms with van der Waals surface area (Å²) < 4.78 is 7.00. The highest BCUT2D eigenvalue weighted by Crippen LogP contribution is 2.14. The highest BCUT2D eigenvalue weighted by atomic mass is 16.5. The Balaban J connectivity index is 2.21. The molecule has 0 spiro atoms. The van der Waals surface area contributed by atoms with Gasteiger partial charge in [-0.05, 0) is 25.0 Å². The summed E-state index contributed by atoms with van der Waals surface area (Å²) in [5.41, 5.74) is 2.28. The van der Waals surface area contributed by atoms with Gasteiger partial charge in [0.05, 0.1) is 18.0 Å². The van der Waals surface area contributed by atoms with E-state index in [0.717, 1.165) is 24.2 Å². The zero-order valence-electron chi connectivity index (χ0n) is 12.0. The molecular formula is C16H20N2O2. The van der Waals surface area contributed by atoms with E-state index in [4.69, 9.17) is 4.74 Å². The molecule has 1 aromatic heterocycles.